The summed E-state index contributed by atoms with van der Waals surface area (Å²) in [5, 5.41) is 204. The van der Waals surface area contributed by atoms with Gasteiger partial charge in [-0.3, -0.25) is 0 Å². The average Bonchev–Trinajstić information content (AvgIpc) is 3.37. The second-order valence-corrected chi connectivity index (χ2v) is 19.4. The van der Waals surface area contributed by atoms with E-state index in [4.69, 9.17) is 61.6 Å². The molecule has 34 atom stereocenters. The van der Waals surface area contributed by atoms with Gasteiger partial charge in [0.05, 0.1) is 50.8 Å². The Bertz CT molecular complexity index is 1730. The van der Waals surface area contributed by atoms with E-state index < -0.39 is 235 Å². The Morgan fingerprint density at radius 1 is 0.284 bits per heavy atom. The summed E-state index contributed by atoms with van der Waals surface area (Å²) in [4.78, 5) is 0. The lowest BCUT2D eigenvalue weighted by molar-refractivity contribution is -0.408. The van der Waals surface area contributed by atoms with Crippen molar-refractivity contribution < 1.29 is 159 Å². The SMILES string of the molecule is C[C@@H]1OC(O)[C@H](O)[C@H](O)[C@H]1O[C@H]1O[C@H](CO)[C@@H](O)[C@H](O)[C@H]1O[C@H]1O[C@H](CO)[C@H](O)[C@H](O[C@@H]2O[C@@H](C)[C@H](O[C@H]3O[C@H](CO)[C@@H](O)[C@H](O[C@H]4O[C@H](C)[C@H](O)C[C@H]4O)[C@@H]3O[C@H]3O[C@H](CO)[C@H](O)[C@H](O)[C@H]3O)[C@@H](O)[C@H]2O)[C@H]1O. The van der Waals surface area contributed by atoms with Crippen molar-refractivity contribution in [1.29, 1.82) is 0 Å². The van der Waals surface area contributed by atoms with Gasteiger partial charge in [0, 0.05) is 6.42 Å². The Kier molecular flexibility index (Phi) is 20.8. The largest absolute Gasteiger partial charge is 0.394 e. The maximum absolute atomic E-state index is 11.7. The molecule has 0 aromatic rings. The summed E-state index contributed by atoms with van der Waals surface area (Å²) < 4.78 is 75.0. The van der Waals surface area contributed by atoms with Crippen molar-refractivity contribution in [3.63, 3.8) is 0 Å². The first-order valence-electron chi connectivity index (χ1n) is 24.1. The summed E-state index contributed by atoms with van der Waals surface area (Å²) in [6, 6.07) is 0. The average molecular weight is 1090 g/mol. The van der Waals surface area contributed by atoms with Crippen molar-refractivity contribution in [2.24, 2.45) is 0 Å². The van der Waals surface area contributed by atoms with Gasteiger partial charge >= 0.3 is 0 Å². The van der Waals surface area contributed by atoms with E-state index in [1.54, 1.807) is 0 Å². The molecule has 0 radical (unpaired) electrons. The van der Waals surface area contributed by atoms with E-state index in [0.29, 0.717) is 0 Å². The third kappa shape index (κ3) is 12.4. The van der Waals surface area contributed by atoms with Gasteiger partial charge in [0.1, 0.15) is 140 Å². The third-order valence-electron chi connectivity index (χ3n) is 14.3. The first-order valence-corrected chi connectivity index (χ1v) is 24.1. The molecule has 7 rings (SSSR count). The fourth-order valence-corrected chi connectivity index (χ4v) is 9.78. The Hall–Kier alpha value is -1.28. The predicted molar refractivity (Wildman–Crippen MR) is 226 cm³/mol. The second-order valence-electron chi connectivity index (χ2n) is 19.4. The summed E-state index contributed by atoms with van der Waals surface area (Å²) in [5.74, 6) is 0. The highest BCUT2D eigenvalue weighted by Crippen LogP contribution is 2.38. The maximum atomic E-state index is 11.7. The van der Waals surface area contributed by atoms with Crippen LogP contribution in [0.2, 0.25) is 0 Å². The van der Waals surface area contributed by atoms with Gasteiger partial charge in [0.25, 0.3) is 0 Å². The standard InChI is InChI=1S/C42H72O32/c1-9-12(47)4-13(48)37(63-9)72-33-21(52)17(8-46)68-42(35(33)74-39-27(58)22(53)18(49)14(5-43)65-39)70-31-11(3)64-38(28(59)25(31)56)71-32-20(51)16(7-45)66-40(29(32)60)73-34-23(54)19(50)15(6-44)67-41(34)69-30-10(2)62-36(61)26(57)24(30)55/h9-61H,4-8H2,1-3H3/t9-,10+,11+,12-,13-,14-,15-,16-,17-,18+,19-,20+,21-,22+,23+,24+,25+,26-,27-,28-,29-,30+,31+,32+,33+,34-,35+,36?,37-,38+,39-,40-,41-,42-/m1/s1. The van der Waals surface area contributed by atoms with Crippen LogP contribution in [0.3, 0.4) is 0 Å². The Balaban J connectivity index is 1.10. The fraction of sp³-hybridized carbons (Fsp3) is 1.00. The molecule has 7 aliphatic rings. The van der Waals surface area contributed by atoms with Crippen molar-refractivity contribution in [2.45, 2.75) is 236 Å². The van der Waals surface area contributed by atoms with Crippen LogP contribution < -0.4 is 0 Å². The zero-order chi connectivity index (χ0) is 54.4. The maximum Gasteiger partial charge on any atom is 0.187 e. The molecule has 0 amide bonds. The van der Waals surface area contributed by atoms with Crippen molar-refractivity contribution in [3.05, 3.63) is 0 Å². The number of ether oxygens (including phenoxy) is 13. The molecule has 74 heavy (non-hydrogen) atoms. The molecular formula is C42H72O32. The van der Waals surface area contributed by atoms with Crippen LogP contribution in [0.4, 0.5) is 0 Å². The molecule has 432 valence electrons. The molecule has 0 saturated carbocycles. The van der Waals surface area contributed by atoms with E-state index in [1.807, 2.05) is 0 Å². The number of rotatable bonds is 16. The van der Waals surface area contributed by atoms with E-state index >= 15 is 0 Å². The molecule has 0 spiro atoms. The second kappa shape index (κ2) is 25.4. The van der Waals surface area contributed by atoms with Crippen molar-refractivity contribution in [2.75, 3.05) is 26.4 Å². The highest BCUT2D eigenvalue weighted by Gasteiger charge is 2.58. The van der Waals surface area contributed by atoms with Gasteiger partial charge in [-0.1, -0.05) is 0 Å². The molecule has 1 unspecified atom stereocenters. The summed E-state index contributed by atoms with van der Waals surface area (Å²) in [7, 11) is 0. The number of hydrogen-bond acceptors (Lipinski definition) is 32. The van der Waals surface area contributed by atoms with Gasteiger partial charge in [0.15, 0.2) is 44.0 Å². The molecule has 0 aromatic carbocycles. The van der Waals surface area contributed by atoms with Gasteiger partial charge in [-0.25, -0.2) is 0 Å². The molecule has 0 aliphatic carbocycles. The van der Waals surface area contributed by atoms with E-state index in [0.717, 1.165) is 0 Å². The molecule has 32 heteroatoms. The van der Waals surface area contributed by atoms with Crippen molar-refractivity contribution in [3.8, 4) is 0 Å². The van der Waals surface area contributed by atoms with E-state index in [9.17, 15) is 97.0 Å². The first kappa shape index (κ1) is 60.4. The van der Waals surface area contributed by atoms with Crippen molar-refractivity contribution in [1.82, 2.24) is 0 Å². The van der Waals surface area contributed by atoms with E-state index in [-0.39, 0.29) is 6.42 Å². The highest BCUT2D eigenvalue weighted by atomic mass is 16.8. The van der Waals surface area contributed by atoms with Gasteiger partial charge < -0.3 is 159 Å². The molecule has 7 aliphatic heterocycles. The Morgan fingerprint density at radius 2 is 0.649 bits per heavy atom. The lowest BCUT2D eigenvalue weighted by Gasteiger charge is -2.51. The Labute approximate surface area is 420 Å². The fourth-order valence-electron chi connectivity index (χ4n) is 9.78. The molecule has 7 fully saturated rings. The minimum Gasteiger partial charge on any atom is -0.394 e. The van der Waals surface area contributed by atoms with E-state index in [2.05, 4.69) is 0 Å². The monoisotopic (exact) mass is 1090 g/mol. The summed E-state index contributed by atoms with van der Waals surface area (Å²) >= 11 is 0. The van der Waals surface area contributed by atoms with Crippen LogP contribution in [0.25, 0.3) is 0 Å². The van der Waals surface area contributed by atoms with Crippen LogP contribution in [0.5, 0.6) is 0 Å². The van der Waals surface area contributed by atoms with Crippen LogP contribution in [-0.2, 0) is 61.6 Å². The smallest absolute Gasteiger partial charge is 0.187 e. The van der Waals surface area contributed by atoms with Gasteiger partial charge in [-0.2, -0.15) is 0 Å². The zero-order valence-electron chi connectivity index (χ0n) is 40.0. The number of aliphatic hydroxyl groups excluding tert-OH is 19. The van der Waals surface area contributed by atoms with Crippen LogP contribution in [0, 0.1) is 0 Å². The van der Waals surface area contributed by atoms with Crippen LogP contribution in [0.15, 0.2) is 0 Å². The van der Waals surface area contributed by atoms with E-state index in [1.165, 1.54) is 20.8 Å². The lowest BCUT2D eigenvalue weighted by atomic mass is 9.95. The number of hydrogen-bond donors (Lipinski definition) is 19. The molecule has 7 heterocycles. The third-order valence-corrected chi connectivity index (χ3v) is 14.3. The van der Waals surface area contributed by atoms with Crippen molar-refractivity contribution >= 4 is 0 Å². The van der Waals surface area contributed by atoms with Gasteiger partial charge in [-0.05, 0) is 20.8 Å². The Morgan fingerprint density at radius 3 is 1.22 bits per heavy atom. The predicted octanol–water partition coefficient (Wildman–Crippen LogP) is -12.2. The summed E-state index contributed by atoms with van der Waals surface area (Å²) in [5.41, 5.74) is 0. The molecule has 32 nitrogen and oxygen atoms in total. The lowest BCUT2D eigenvalue weighted by Crippen LogP contribution is -2.68. The molecular weight excluding hydrogens is 1020 g/mol. The normalized spacial score (nSPS) is 54.7. The highest BCUT2D eigenvalue weighted by molar-refractivity contribution is 5.00. The molecule has 0 bridgehead atoms. The van der Waals surface area contributed by atoms with Crippen LogP contribution in [0.1, 0.15) is 27.2 Å². The van der Waals surface area contributed by atoms with Crippen LogP contribution in [-0.4, -0.2) is 332 Å². The van der Waals surface area contributed by atoms with Gasteiger partial charge in [0.2, 0.25) is 0 Å². The summed E-state index contributed by atoms with van der Waals surface area (Å²) in [6.45, 7) is 0.361. The zero-order valence-corrected chi connectivity index (χ0v) is 40.0. The molecule has 7 saturated heterocycles. The molecule has 19 N–H and O–H groups in total. The minimum atomic E-state index is -2.19. The number of aliphatic hydroxyl groups is 19. The van der Waals surface area contributed by atoms with Gasteiger partial charge in [-0.15, -0.1) is 0 Å². The summed E-state index contributed by atoms with van der Waals surface area (Å²) in [6.07, 6.45) is -61.0. The molecule has 0 aromatic heterocycles. The topological polar surface area (TPSA) is 504 Å². The minimum absolute atomic E-state index is 0.265. The quantitative estimate of drug-likeness (QED) is 0.0682. The van der Waals surface area contributed by atoms with Crippen LogP contribution >= 0.6 is 0 Å². The first-order chi connectivity index (χ1) is 35.0.